The van der Waals surface area contributed by atoms with Gasteiger partial charge in [0.05, 0.1) is 5.71 Å². The Labute approximate surface area is 213 Å². The number of likely N-dealkylation sites (tertiary alicyclic amines) is 1. The van der Waals surface area contributed by atoms with Gasteiger partial charge in [0, 0.05) is 12.0 Å². The molecule has 0 bridgehead atoms. The number of rotatable bonds is 5. The summed E-state index contributed by atoms with van der Waals surface area (Å²) < 4.78 is 0. The van der Waals surface area contributed by atoms with Gasteiger partial charge in [0.2, 0.25) is 0 Å². The molecule has 8 nitrogen and oxygen atoms in total. The maximum absolute atomic E-state index is 12.5. The molecule has 0 radical (unpaired) electrons. The van der Waals surface area contributed by atoms with Crippen LogP contribution in [0.5, 0.6) is 0 Å². The number of ketones is 1. The van der Waals surface area contributed by atoms with Gasteiger partial charge in [-0.3, -0.25) is 9.59 Å². The number of hydrogen-bond donors (Lipinski definition) is 2. The largest absolute Gasteiger partial charge is 0.480 e. The highest BCUT2D eigenvalue weighted by Gasteiger charge is 2.65. The van der Waals surface area contributed by atoms with Crippen molar-refractivity contribution in [3.05, 3.63) is 11.6 Å². The van der Waals surface area contributed by atoms with E-state index in [0.29, 0.717) is 43.6 Å². The second-order valence-corrected chi connectivity index (χ2v) is 12.4. The number of aliphatic hydroxyl groups is 1. The number of carbonyl (C=O) groups is 3. The Kier molecular flexibility index (Phi) is 6.33. The SMILES string of the molecule is CC(=O)[C@@]1(O)CC[C@H]2[C@@H]3CCC4=C/C(=N\OCC(=O)N5CCC[C@@H]5C(=O)O)CC[C@]4(C)[C@H]3CC[C@@]21C. The maximum atomic E-state index is 12.5. The zero-order valence-electron chi connectivity index (χ0n) is 21.8. The van der Waals surface area contributed by atoms with Gasteiger partial charge in [-0.2, -0.15) is 0 Å². The second-order valence-electron chi connectivity index (χ2n) is 12.4. The number of aliphatic carboxylic acids is 1. The fourth-order valence-electron chi connectivity index (χ4n) is 8.81. The summed E-state index contributed by atoms with van der Waals surface area (Å²) in [6.45, 7) is 6.30. The Hall–Kier alpha value is -2.22. The highest BCUT2D eigenvalue weighted by molar-refractivity contribution is 5.96. The van der Waals surface area contributed by atoms with E-state index in [1.54, 1.807) is 6.92 Å². The minimum Gasteiger partial charge on any atom is -0.480 e. The van der Waals surface area contributed by atoms with Gasteiger partial charge in [0.15, 0.2) is 12.4 Å². The van der Waals surface area contributed by atoms with Crippen molar-refractivity contribution >= 4 is 23.4 Å². The lowest BCUT2D eigenvalue weighted by atomic mass is 9.46. The number of carboxylic acid groups (broad SMARTS) is 1. The van der Waals surface area contributed by atoms with Gasteiger partial charge in [0.1, 0.15) is 11.6 Å². The number of carbonyl (C=O) groups excluding carboxylic acids is 2. The highest BCUT2D eigenvalue weighted by atomic mass is 16.6. The van der Waals surface area contributed by atoms with Crippen LogP contribution < -0.4 is 0 Å². The molecule has 0 unspecified atom stereocenters. The minimum atomic E-state index is -1.18. The Bertz CT molecular complexity index is 1020. The second kappa shape index (κ2) is 8.96. The molecule has 1 saturated heterocycles. The van der Waals surface area contributed by atoms with E-state index in [1.165, 1.54) is 10.5 Å². The van der Waals surface area contributed by atoms with E-state index in [4.69, 9.17) is 4.84 Å². The smallest absolute Gasteiger partial charge is 0.326 e. The summed E-state index contributed by atoms with van der Waals surface area (Å²) in [5, 5.41) is 24.9. The summed E-state index contributed by atoms with van der Waals surface area (Å²) in [6.07, 6.45) is 10.6. The van der Waals surface area contributed by atoms with Crippen molar-refractivity contribution in [3.63, 3.8) is 0 Å². The molecule has 36 heavy (non-hydrogen) atoms. The predicted molar refractivity (Wildman–Crippen MR) is 133 cm³/mol. The number of allylic oxidation sites excluding steroid dienone is 2. The normalized spacial score (nSPS) is 42.8. The molecule has 3 saturated carbocycles. The van der Waals surface area contributed by atoms with Crippen LogP contribution in [0.2, 0.25) is 0 Å². The van der Waals surface area contributed by atoms with E-state index in [0.717, 1.165) is 50.7 Å². The number of nitrogens with zero attached hydrogens (tertiary/aromatic N) is 2. The van der Waals surface area contributed by atoms with E-state index in [9.17, 15) is 24.6 Å². The molecule has 0 aromatic heterocycles. The van der Waals surface area contributed by atoms with Gasteiger partial charge in [-0.1, -0.05) is 24.6 Å². The standard InChI is InChI=1S/C28H40N2O6/c1-17(31)28(35)13-10-22-20-7-6-18-15-19(8-11-26(18,2)21(20)9-12-27(22,28)3)29-36-16-24(32)30-14-4-5-23(30)25(33)34/h15,20-23,35H,4-14,16H2,1-3H3,(H,33,34)/b29-19-/t20-,21+,22+,23-,26+,27+,28+/m1/s1. The Morgan fingerprint density at radius 1 is 1.08 bits per heavy atom. The van der Waals surface area contributed by atoms with Crippen molar-refractivity contribution in [2.24, 2.45) is 33.7 Å². The fraction of sp³-hybridized carbons (Fsp3) is 0.786. The summed E-state index contributed by atoms with van der Waals surface area (Å²) in [7, 11) is 0. The number of Topliss-reactive ketones (excluding diaryl/α,β-unsaturated/α-hetero) is 1. The van der Waals surface area contributed by atoms with Crippen molar-refractivity contribution < 1.29 is 29.4 Å². The number of oxime groups is 1. The lowest BCUT2D eigenvalue weighted by Gasteiger charge is -2.59. The van der Waals surface area contributed by atoms with Gasteiger partial charge in [0.25, 0.3) is 5.91 Å². The maximum Gasteiger partial charge on any atom is 0.326 e. The molecule has 7 atom stereocenters. The Morgan fingerprint density at radius 3 is 2.56 bits per heavy atom. The molecule has 1 heterocycles. The van der Waals surface area contributed by atoms with E-state index in [1.807, 2.05) is 0 Å². The molecular weight excluding hydrogens is 460 g/mol. The molecular formula is C28H40N2O6. The van der Waals surface area contributed by atoms with Crippen LogP contribution in [-0.4, -0.2) is 63.3 Å². The van der Waals surface area contributed by atoms with Crippen molar-refractivity contribution in [2.45, 2.75) is 96.6 Å². The average molecular weight is 501 g/mol. The third kappa shape index (κ3) is 3.74. The quantitative estimate of drug-likeness (QED) is 0.556. The summed E-state index contributed by atoms with van der Waals surface area (Å²) in [6, 6.07) is -0.759. The Balaban J connectivity index is 1.26. The number of carboxylic acids is 1. The van der Waals surface area contributed by atoms with Crippen LogP contribution in [0.25, 0.3) is 0 Å². The monoisotopic (exact) mass is 500 g/mol. The molecule has 0 aromatic rings. The van der Waals surface area contributed by atoms with Crippen molar-refractivity contribution in [1.82, 2.24) is 4.90 Å². The first-order valence-electron chi connectivity index (χ1n) is 13.7. The molecule has 2 N–H and O–H groups in total. The van der Waals surface area contributed by atoms with E-state index >= 15 is 0 Å². The molecule has 5 rings (SSSR count). The summed E-state index contributed by atoms with van der Waals surface area (Å²) >= 11 is 0. The third-order valence-electron chi connectivity index (χ3n) is 10.9. The summed E-state index contributed by atoms with van der Waals surface area (Å²) in [5.74, 6) is 0.0734. The summed E-state index contributed by atoms with van der Waals surface area (Å²) in [5.41, 5.74) is 0.824. The van der Waals surface area contributed by atoms with Gasteiger partial charge in [-0.15, -0.1) is 0 Å². The van der Waals surface area contributed by atoms with Gasteiger partial charge in [-0.25, -0.2) is 4.79 Å². The van der Waals surface area contributed by atoms with Crippen molar-refractivity contribution in [3.8, 4) is 0 Å². The van der Waals surface area contributed by atoms with Crippen molar-refractivity contribution in [1.29, 1.82) is 0 Å². The zero-order chi connectivity index (χ0) is 25.9. The fourth-order valence-corrected chi connectivity index (χ4v) is 8.81. The van der Waals surface area contributed by atoms with Crippen LogP contribution in [0.1, 0.15) is 85.0 Å². The van der Waals surface area contributed by atoms with E-state index < -0.39 is 17.6 Å². The first-order chi connectivity index (χ1) is 17.0. The number of hydrogen-bond acceptors (Lipinski definition) is 6. The molecule has 1 amide bonds. The Morgan fingerprint density at radius 2 is 1.83 bits per heavy atom. The average Bonchev–Trinajstić information content (AvgIpc) is 3.43. The first kappa shape index (κ1) is 25.4. The van der Waals surface area contributed by atoms with Crippen LogP contribution in [0.3, 0.4) is 0 Å². The highest BCUT2D eigenvalue weighted by Crippen LogP contribution is 2.67. The van der Waals surface area contributed by atoms with Crippen LogP contribution in [0.15, 0.2) is 16.8 Å². The number of amides is 1. The van der Waals surface area contributed by atoms with Gasteiger partial charge < -0.3 is 20.0 Å². The van der Waals surface area contributed by atoms with E-state index in [-0.39, 0.29) is 29.1 Å². The van der Waals surface area contributed by atoms with Crippen LogP contribution in [0, 0.1) is 28.6 Å². The van der Waals surface area contributed by atoms with Crippen LogP contribution in [0.4, 0.5) is 0 Å². The zero-order valence-corrected chi connectivity index (χ0v) is 21.8. The van der Waals surface area contributed by atoms with Gasteiger partial charge >= 0.3 is 5.97 Å². The molecule has 0 spiro atoms. The molecule has 4 aliphatic carbocycles. The minimum absolute atomic E-state index is 0.0752. The van der Waals surface area contributed by atoms with Crippen molar-refractivity contribution in [2.75, 3.05) is 13.2 Å². The molecule has 0 aromatic carbocycles. The number of fused-ring (bicyclic) bond motifs is 5. The third-order valence-corrected chi connectivity index (χ3v) is 10.9. The lowest BCUT2D eigenvalue weighted by Crippen LogP contribution is -2.57. The molecule has 5 aliphatic rings. The topological polar surface area (TPSA) is 117 Å². The molecule has 4 fully saturated rings. The van der Waals surface area contributed by atoms with Crippen LogP contribution >= 0.6 is 0 Å². The lowest BCUT2D eigenvalue weighted by molar-refractivity contribution is -0.159. The molecule has 8 heteroatoms. The predicted octanol–water partition coefficient (Wildman–Crippen LogP) is 3.72. The first-order valence-corrected chi connectivity index (χ1v) is 13.7. The molecule has 1 aliphatic heterocycles. The molecule has 198 valence electrons. The van der Waals surface area contributed by atoms with E-state index in [2.05, 4.69) is 25.1 Å². The van der Waals surface area contributed by atoms with Gasteiger partial charge in [-0.05, 0) is 100 Å². The summed E-state index contributed by atoms with van der Waals surface area (Å²) in [4.78, 5) is 43.0. The van der Waals surface area contributed by atoms with Crippen LogP contribution in [-0.2, 0) is 19.2 Å².